The summed E-state index contributed by atoms with van der Waals surface area (Å²) in [6, 6.07) is 4.63. The lowest BCUT2D eigenvalue weighted by Crippen LogP contribution is -2.51. The van der Waals surface area contributed by atoms with Crippen molar-refractivity contribution >= 4 is 21.4 Å². The minimum absolute atomic E-state index is 0.0962. The van der Waals surface area contributed by atoms with Gasteiger partial charge in [0.05, 0.1) is 9.82 Å². The molecule has 0 radical (unpaired) electrons. The Morgan fingerprint density at radius 2 is 2.00 bits per heavy atom. The van der Waals surface area contributed by atoms with Gasteiger partial charge < -0.3 is 10.2 Å². The third-order valence-corrected chi connectivity index (χ3v) is 6.34. The molecule has 2 aliphatic heterocycles. The van der Waals surface area contributed by atoms with Gasteiger partial charge in [0.1, 0.15) is 5.69 Å². The van der Waals surface area contributed by atoms with E-state index in [9.17, 15) is 18.5 Å². The summed E-state index contributed by atoms with van der Waals surface area (Å²) in [5.74, 6) is 0. The van der Waals surface area contributed by atoms with E-state index in [2.05, 4.69) is 14.9 Å². The standard InChI is InChI=1S/C15H23N5O4S/c1-16-25(23,24)13-2-3-14(15(10-13)20(21)22)19-8-6-18(7-9-19)12-4-5-17-11-12/h2-3,10,12,16-17H,4-9,11H2,1H3. The van der Waals surface area contributed by atoms with Crippen molar-refractivity contribution < 1.29 is 13.3 Å². The molecule has 0 spiro atoms. The number of hydrogen-bond acceptors (Lipinski definition) is 7. The summed E-state index contributed by atoms with van der Waals surface area (Å²) in [5, 5.41) is 14.8. The predicted molar refractivity (Wildman–Crippen MR) is 94.4 cm³/mol. The van der Waals surface area contributed by atoms with Crippen LogP contribution in [0.5, 0.6) is 0 Å². The highest BCUT2D eigenvalue weighted by Crippen LogP contribution is 2.31. The monoisotopic (exact) mass is 369 g/mol. The predicted octanol–water partition coefficient (Wildman–Crippen LogP) is -0.0132. The maximum atomic E-state index is 11.9. The number of hydrogen-bond donors (Lipinski definition) is 2. The highest BCUT2D eigenvalue weighted by molar-refractivity contribution is 7.89. The van der Waals surface area contributed by atoms with Crippen LogP contribution in [0.15, 0.2) is 23.1 Å². The minimum Gasteiger partial charge on any atom is -0.363 e. The Morgan fingerprint density at radius 1 is 1.28 bits per heavy atom. The van der Waals surface area contributed by atoms with Gasteiger partial charge in [0.25, 0.3) is 5.69 Å². The zero-order valence-electron chi connectivity index (χ0n) is 14.1. The van der Waals surface area contributed by atoms with Crippen molar-refractivity contribution in [1.29, 1.82) is 0 Å². The Hall–Kier alpha value is -1.75. The molecule has 1 unspecified atom stereocenters. The van der Waals surface area contributed by atoms with E-state index >= 15 is 0 Å². The summed E-state index contributed by atoms with van der Waals surface area (Å²) < 4.78 is 26.0. The Morgan fingerprint density at radius 3 is 2.56 bits per heavy atom. The Balaban J connectivity index is 1.79. The van der Waals surface area contributed by atoms with Crippen molar-refractivity contribution in [2.45, 2.75) is 17.4 Å². The van der Waals surface area contributed by atoms with E-state index in [1.807, 2.05) is 4.90 Å². The molecule has 2 aliphatic rings. The average molecular weight is 369 g/mol. The van der Waals surface area contributed by atoms with Crippen molar-refractivity contribution in [2.75, 3.05) is 51.2 Å². The molecule has 0 aromatic heterocycles. The van der Waals surface area contributed by atoms with Crippen molar-refractivity contribution in [1.82, 2.24) is 14.9 Å². The highest BCUT2D eigenvalue weighted by atomic mass is 32.2. The molecular formula is C15H23N5O4S. The molecule has 0 amide bonds. The molecule has 1 atom stereocenters. The molecule has 10 heteroatoms. The SMILES string of the molecule is CNS(=O)(=O)c1ccc(N2CCN(C3CCNC3)CC2)c([N+](=O)[O-])c1. The van der Waals surface area contributed by atoms with Gasteiger partial charge in [-0.2, -0.15) is 0 Å². The third kappa shape index (κ3) is 3.76. The first kappa shape index (κ1) is 18.1. The lowest BCUT2D eigenvalue weighted by atomic mass is 10.1. The van der Waals surface area contributed by atoms with Gasteiger partial charge in [0.2, 0.25) is 10.0 Å². The van der Waals surface area contributed by atoms with E-state index in [1.165, 1.54) is 19.2 Å². The molecule has 1 aromatic carbocycles. The van der Waals surface area contributed by atoms with Crippen molar-refractivity contribution in [3.05, 3.63) is 28.3 Å². The highest BCUT2D eigenvalue weighted by Gasteiger charge is 2.29. The molecule has 9 nitrogen and oxygen atoms in total. The van der Waals surface area contributed by atoms with Crippen LogP contribution in [-0.2, 0) is 10.0 Å². The molecule has 0 aliphatic carbocycles. The molecule has 3 rings (SSSR count). The first-order valence-electron chi connectivity index (χ1n) is 8.34. The summed E-state index contributed by atoms with van der Waals surface area (Å²) in [6.45, 7) is 5.11. The number of nitrogens with one attached hydrogen (secondary N) is 2. The molecule has 138 valence electrons. The Kier molecular flexibility index (Phi) is 5.23. The molecule has 1 aromatic rings. The van der Waals surface area contributed by atoms with E-state index in [1.54, 1.807) is 0 Å². The molecule has 0 bridgehead atoms. The van der Waals surface area contributed by atoms with Gasteiger partial charge in [-0.15, -0.1) is 0 Å². The van der Waals surface area contributed by atoms with Gasteiger partial charge >= 0.3 is 0 Å². The second kappa shape index (κ2) is 7.24. The van der Waals surface area contributed by atoms with Gasteiger partial charge in [-0.25, -0.2) is 13.1 Å². The molecule has 2 heterocycles. The maximum Gasteiger partial charge on any atom is 0.293 e. The summed E-state index contributed by atoms with van der Waals surface area (Å²) in [4.78, 5) is 15.2. The summed E-state index contributed by atoms with van der Waals surface area (Å²) >= 11 is 0. The van der Waals surface area contributed by atoms with E-state index in [-0.39, 0.29) is 10.6 Å². The first-order chi connectivity index (χ1) is 11.9. The molecule has 25 heavy (non-hydrogen) atoms. The van der Waals surface area contributed by atoms with Crippen LogP contribution >= 0.6 is 0 Å². The van der Waals surface area contributed by atoms with Crippen LogP contribution in [0.3, 0.4) is 0 Å². The third-order valence-electron chi connectivity index (χ3n) is 4.93. The molecule has 2 saturated heterocycles. The van der Waals surface area contributed by atoms with Crippen LogP contribution in [-0.4, -0.2) is 70.6 Å². The van der Waals surface area contributed by atoms with Crippen LogP contribution in [0, 0.1) is 10.1 Å². The number of anilines is 1. The average Bonchev–Trinajstić information content (AvgIpc) is 3.16. The lowest BCUT2D eigenvalue weighted by molar-refractivity contribution is -0.384. The summed E-state index contributed by atoms with van der Waals surface area (Å²) in [7, 11) is -2.43. The number of rotatable bonds is 5. The lowest BCUT2D eigenvalue weighted by Gasteiger charge is -2.38. The number of benzene rings is 1. The van der Waals surface area contributed by atoms with Crippen LogP contribution in [0.4, 0.5) is 11.4 Å². The minimum atomic E-state index is -3.71. The largest absolute Gasteiger partial charge is 0.363 e. The van der Waals surface area contributed by atoms with Crippen molar-refractivity contribution in [2.24, 2.45) is 0 Å². The molecule has 2 N–H and O–H groups in total. The van der Waals surface area contributed by atoms with Gasteiger partial charge in [0, 0.05) is 44.8 Å². The van der Waals surface area contributed by atoms with Crippen LogP contribution in [0.1, 0.15) is 6.42 Å². The zero-order valence-corrected chi connectivity index (χ0v) is 15.0. The van der Waals surface area contributed by atoms with E-state index < -0.39 is 14.9 Å². The van der Waals surface area contributed by atoms with Crippen LogP contribution in [0.25, 0.3) is 0 Å². The fourth-order valence-electron chi connectivity index (χ4n) is 3.48. The van der Waals surface area contributed by atoms with Crippen molar-refractivity contribution in [3.8, 4) is 0 Å². The van der Waals surface area contributed by atoms with E-state index in [4.69, 9.17) is 0 Å². The number of nitro benzene ring substituents is 1. The first-order valence-corrected chi connectivity index (χ1v) is 9.82. The summed E-state index contributed by atoms with van der Waals surface area (Å²) in [5.41, 5.74) is 0.302. The van der Waals surface area contributed by atoms with Gasteiger partial charge in [-0.3, -0.25) is 15.0 Å². The normalized spacial score (nSPS) is 22.3. The van der Waals surface area contributed by atoms with E-state index in [0.717, 1.165) is 38.7 Å². The topological polar surface area (TPSA) is 108 Å². The quantitative estimate of drug-likeness (QED) is 0.555. The summed E-state index contributed by atoms with van der Waals surface area (Å²) in [6.07, 6.45) is 1.14. The molecule has 2 fully saturated rings. The fraction of sp³-hybridized carbons (Fsp3) is 0.600. The van der Waals surface area contributed by atoms with E-state index in [0.29, 0.717) is 24.8 Å². The zero-order chi connectivity index (χ0) is 18.0. The Bertz CT molecular complexity index is 740. The second-order valence-electron chi connectivity index (χ2n) is 6.28. The fourth-order valence-corrected chi connectivity index (χ4v) is 4.23. The smallest absolute Gasteiger partial charge is 0.293 e. The number of nitrogens with zero attached hydrogens (tertiary/aromatic N) is 3. The van der Waals surface area contributed by atoms with Gasteiger partial charge in [-0.1, -0.05) is 0 Å². The maximum absolute atomic E-state index is 11.9. The second-order valence-corrected chi connectivity index (χ2v) is 8.17. The van der Waals surface area contributed by atoms with Gasteiger partial charge in [-0.05, 0) is 32.1 Å². The number of sulfonamides is 1. The van der Waals surface area contributed by atoms with Crippen LogP contribution < -0.4 is 14.9 Å². The Labute approximate surface area is 147 Å². The van der Waals surface area contributed by atoms with Crippen molar-refractivity contribution in [3.63, 3.8) is 0 Å². The van der Waals surface area contributed by atoms with Crippen LogP contribution in [0.2, 0.25) is 0 Å². The molecular weight excluding hydrogens is 346 g/mol. The van der Waals surface area contributed by atoms with Gasteiger partial charge in [0.15, 0.2) is 0 Å². The number of piperazine rings is 1. The molecule has 0 saturated carbocycles. The number of nitro groups is 1.